The lowest BCUT2D eigenvalue weighted by molar-refractivity contribution is 0.102. The molecule has 5 nitrogen and oxygen atoms in total. The summed E-state index contributed by atoms with van der Waals surface area (Å²) in [6.07, 6.45) is 2.62. The van der Waals surface area contributed by atoms with Crippen molar-refractivity contribution in [2.45, 2.75) is 31.2 Å². The second-order valence-electron chi connectivity index (χ2n) is 4.85. The van der Waals surface area contributed by atoms with E-state index in [2.05, 4.69) is 30.3 Å². The van der Waals surface area contributed by atoms with E-state index in [-0.39, 0.29) is 11.9 Å². The van der Waals surface area contributed by atoms with Crippen LogP contribution in [0.5, 0.6) is 0 Å². The number of nitrogens with zero attached hydrogens (tertiary/aromatic N) is 3. The zero-order chi connectivity index (χ0) is 15.9. The van der Waals surface area contributed by atoms with Crippen LogP contribution in [0.4, 0.5) is 5.82 Å². The van der Waals surface area contributed by atoms with Crippen LogP contribution in [0.15, 0.2) is 41.4 Å². The molecule has 1 atom stereocenters. The number of aromatic nitrogens is 2. The second-order valence-corrected chi connectivity index (χ2v) is 5.90. The highest BCUT2D eigenvalue weighted by Gasteiger charge is 2.12. The van der Waals surface area contributed by atoms with Crippen molar-refractivity contribution in [1.82, 2.24) is 9.78 Å². The van der Waals surface area contributed by atoms with Gasteiger partial charge in [-0.15, -0.1) is 11.8 Å². The van der Waals surface area contributed by atoms with E-state index in [1.165, 1.54) is 11.8 Å². The van der Waals surface area contributed by atoms with Crippen molar-refractivity contribution < 1.29 is 4.79 Å². The average molecular weight is 314 g/mol. The highest BCUT2D eigenvalue weighted by atomic mass is 32.2. The van der Waals surface area contributed by atoms with Crippen molar-refractivity contribution in [3.8, 4) is 6.07 Å². The fraction of sp³-hybridized carbons (Fsp3) is 0.312. The summed E-state index contributed by atoms with van der Waals surface area (Å²) in [6.45, 7) is 4.13. The molecule has 0 bridgehead atoms. The molecule has 114 valence electrons. The van der Waals surface area contributed by atoms with E-state index in [1.54, 1.807) is 24.4 Å². The summed E-state index contributed by atoms with van der Waals surface area (Å²) in [5.74, 6) is 0.880. The molecule has 1 aromatic heterocycles. The summed E-state index contributed by atoms with van der Waals surface area (Å²) in [6, 6.07) is 11.4. The number of carbonyl (C=O) groups excluding carboxylic acids is 1. The number of thioether (sulfide) groups is 1. The van der Waals surface area contributed by atoms with Crippen LogP contribution in [0, 0.1) is 11.3 Å². The fourth-order valence-electron chi connectivity index (χ4n) is 1.97. The Balaban J connectivity index is 2.13. The zero-order valence-corrected chi connectivity index (χ0v) is 13.4. The van der Waals surface area contributed by atoms with Gasteiger partial charge in [0.05, 0.1) is 24.1 Å². The smallest absolute Gasteiger partial charge is 0.256 e. The van der Waals surface area contributed by atoms with Crippen LogP contribution in [-0.2, 0) is 0 Å². The number of carbonyl (C=O) groups is 1. The SMILES string of the molecule is CC[C@H](C)n1nccc1NC(=O)c1cccc(SCC#N)c1. The molecule has 0 spiro atoms. The standard InChI is InChI=1S/C16H18N4OS/c1-3-12(2)20-15(7-9-18-20)19-16(21)13-5-4-6-14(11-13)22-10-8-17/h4-7,9,11-12H,3,10H2,1-2H3,(H,19,21)/t12-/m0/s1. The maximum atomic E-state index is 12.4. The Morgan fingerprint density at radius 3 is 3.05 bits per heavy atom. The highest BCUT2D eigenvalue weighted by Crippen LogP contribution is 2.20. The summed E-state index contributed by atoms with van der Waals surface area (Å²) in [7, 11) is 0. The number of benzene rings is 1. The largest absolute Gasteiger partial charge is 0.307 e. The highest BCUT2D eigenvalue weighted by molar-refractivity contribution is 7.99. The van der Waals surface area contributed by atoms with Crippen LogP contribution >= 0.6 is 11.8 Å². The molecule has 0 radical (unpaired) electrons. The van der Waals surface area contributed by atoms with Crippen LogP contribution in [0.25, 0.3) is 0 Å². The number of hydrogen-bond donors (Lipinski definition) is 1. The molecular formula is C16H18N4OS. The third-order valence-electron chi connectivity index (χ3n) is 3.32. The molecular weight excluding hydrogens is 296 g/mol. The minimum atomic E-state index is -0.176. The quantitative estimate of drug-likeness (QED) is 0.825. The first kappa shape index (κ1) is 16.1. The van der Waals surface area contributed by atoms with Crippen LogP contribution < -0.4 is 5.32 Å². The van der Waals surface area contributed by atoms with Crippen molar-refractivity contribution >= 4 is 23.5 Å². The van der Waals surface area contributed by atoms with E-state index in [4.69, 9.17) is 5.26 Å². The van der Waals surface area contributed by atoms with E-state index in [0.717, 1.165) is 11.3 Å². The van der Waals surface area contributed by atoms with Gasteiger partial charge in [0.1, 0.15) is 5.82 Å². The van der Waals surface area contributed by atoms with E-state index >= 15 is 0 Å². The fourth-order valence-corrected chi connectivity index (χ4v) is 2.58. The molecule has 1 aromatic carbocycles. The van der Waals surface area contributed by atoms with Gasteiger partial charge in [-0.25, -0.2) is 4.68 Å². The number of amides is 1. The van der Waals surface area contributed by atoms with Gasteiger partial charge in [0.25, 0.3) is 5.91 Å². The van der Waals surface area contributed by atoms with Gasteiger partial charge >= 0.3 is 0 Å². The van der Waals surface area contributed by atoms with E-state index in [0.29, 0.717) is 17.1 Å². The monoisotopic (exact) mass is 314 g/mol. The van der Waals surface area contributed by atoms with Gasteiger partial charge in [0.15, 0.2) is 0 Å². The van der Waals surface area contributed by atoms with Gasteiger partial charge in [-0.05, 0) is 31.5 Å². The van der Waals surface area contributed by atoms with E-state index in [1.807, 2.05) is 16.8 Å². The maximum Gasteiger partial charge on any atom is 0.256 e. The first-order chi connectivity index (χ1) is 10.7. The predicted octanol–water partition coefficient (Wildman–Crippen LogP) is 3.72. The van der Waals surface area contributed by atoms with Crippen molar-refractivity contribution in [2.24, 2.45) is 0 Å². The topological polar surface area (TPSA) is 70.7 Å². The van der Waals surface area contributed by atoms with Crippen molar-refractivity contribution in [3.63, 3.8) is 0 Å². The Kier molecular flexibility index (Phi) is 5.61. The second kappa shape index (κ2) is 7.66. The number of rotatable bonds is 6. The van der Waals surface area contributed by atoms with Crippen LogP contribution in [0.2, 0.25) is 0 Å². The Hall–Kier alpha value is -2.26. The summed E-state index contributed by atoms with van der Waals surface area (Å²) < 4.78 is 1.81. The third-order valence-corrected chi connectivity index (χ3v) is 4.18. The molecule has 0 aliphatic carbocycles. The summed E-state index contributed by atoms with van der Waals surface area (Å²) in [4.78, 5) is 13.3. The molecule has 22 heavy (non-hydrogen) atoms. The summed E-state index contributed by atoms with van der Waals surface area (Å²) in [5, 5.41) is 15.8. The normalized spacial score (nSPS) is 11.7. The molecule has 1 N–H and O–H groups in total. The van der Waals surface area contributed by atoms with Crippen LogP contribution in [0.1, 0.15) is 36.7 Å². The Morgan fingerprint density at radius 2 is 2.32 bits per heavy atom. The van der Waals surface area contributed by atoms with Gasteiger partial charge in [0, 0.05) is 16.5 Å². The lowest BCUT2D eigenvalue weighted by Crippen LogP contribution is -2.17. The van der Waals surface area contributed by atoms with Gasteiger partial charge in [0.2, 0.25) is 0 Å². The zero-order valence-electron chi connectivity index (χ0n) is 12.6. The summed E-state index contributed by atoms with van der Waals surface area (Å²) >= 11 is 1.41. The lowest BCUT2D eigenvalue weighted by atomic mass is 10.2. The van der Waals surface area contributed by atoms with Crippen molar-refractivity contribution in [2.75, 3.05) is 11.1 Å². The Labute approximate surface area is 134 Å². The number of hydrogen-bond acceptors (Lipinski definition) is 4. The Bertz CT molecular complexity index is 689. The molecule has 0 aliphatic rings. The van der Waals surface area contributed by atoms with Crippen LogP contribution in [-0.4, -0.2) is 21.4 Å². The number of nitrogens with one attached hydrogen (secondary N) is 1. The molecule has 1 amide bonds. The third kappa shape index (κ3) is 3.89. The molecule has 0 unspecified atom stereocenters. The number of nitriles is 1. The van der Waals surface area contributed by atoms with Crippen LogP contribution in [0.3, 0.4) is 0 Å². The van der Waals surface area contributed by atoms with Crippen molar-refractivity contribution in [1.29, 1.82) is 5.26 Å². The van der Waals surface area contributed by atoms with Gasteiger partial charge in [-0.1, -0.05) is 13.0 Å². The van der Waals surface area contributed by atoms with Gasteiger partial charge < -0.3 is 5.32 Å². The molecule has 2 aromatic rings. The minimum absolute atomic E-state index is 0.176. The molecule has 0 aliphatic heterocycles. The molecule has 6 heteroatoms. The van der Waals surface area contributed by atoms with E-state index < -0.39 is 0 Å². The summed E-state index contributed by atoms with van der Waals surface area (Å²) in [5.41, 5.74) is 0.569. The van der Waals surface area contributed by atoms with Gasteiger partial charge in [-0.3, -0.25) is 4.79 Å². The average Bonchev–Trinajstić information content (AvgIpc) is 3.00. The Morgan fingerprint density at radius 1 is 1.50 bits per heavy atom. The molecule has 0 saturated heterocycles. The molecule has 0 fully saturated rings. The lowest BCUT2D eigenvalue weighted by Gasteiger charge is -2.14. The molecule has 2 rings (SSSR count). The number of anilines is 1. The predicted molar refractivity (Wildman–Crippen MR) is 88.0 cm³/mol. The first-order valence-corrected chi connectivity index (χ1v) is 8.09. The minimum Gasteiger partial charge on any atom is -0.307 e. The van der Waals surface area contributed by atoms with E-state index in [9.17, 15) is 4.79 Å². The van der Waals surface area contributed by atoms with Gasteiger partial charge in [-0.2, -0.15) is 10.4 Å². The maximum absolute atomic E-state index is 12.4. The molecule has 0 saturated carbocycles. The first-order valence-electron chi connectivity index (χ1n) is 7.10. The molecule has 1 heterocycles. The van der Waals surface area contributed by atoms with Crippen molar-refractivity contribution in [3.05, 3.63) is 42.1 Å².